The second-order valence-electron chi connectivity index (χ2n) is 6.87. The van der Waals surface area contributed by atoms with Crippen LogP contribution < -0.4 is 10.2 Å². The second-order valence-corrected chi connectivity index (χ2v) is 6.87. The minimum absolute atomic E-state index is 0.0194. The van der Waals surface area contributed by atoms with Gasteiger partial charge >= 0.3 is 18.1 Å². The molecule has 1 heterocycles. The maximum atomic E-state index is 13.9. The van der Waals surface area contributed by atoms with Crippen molar-refractivity contribution in [2.24, 2.45) is 0 Å². The van der Waals surface area contributed by atoms with Crippen LogP contribution in [0.15, 0.2) is 54.2 Å². The standard InChI is InChI=1S/C22H21F3N2O4/c1-30-20(28)12-18(21(29)31-2)26-16-7-8-19(17(11-16)22(23,24)25)27-10-9-14-5-3-4-6-15(14)13-27/h3-8,11-12,26H,9-10,13H2,1-2H3/b18-12+. The summed E-state index contributed by atoms with van der Waals surface area (Å²) in [5.74, 6) is -1.77. The Balaban J connectivity index is 1.95. The molecule has 3 rings (SSSR count). The Morgan fingerprint density at radius 1 is 1.06 bits per heavy atom. The Morgan fingerprint density at radius 2 is 1.77 bits per heavy atom. The van der Waals surface area contributed by atoms with Crippen LogP contribution in [0.5, 0.6) is 0 Å². The lowest BCUT2D eigenvalue weighted by molar-refractivity contribution is -0.138. The van der Waals surface area contributed by atoms with Crippen LogP contribution in [0.3, 0.4) is 0 Å². The van der Waals surface area contributed by atoms with Crippen molar-refractivity contribution < 1.29 is 32.2 Å². The third kappa shape index (κ3) is 5.17. The number of fused-ring (bicyclic) bond motifs is 1. The Hall–Kier alpha value is -3.49. The van der Waals surface area contributed by atoms with Crippen LogP contribution in [0.1, 0.15) is 16.7 Å². The summed E-state index contributed by atoms with van der Waals surface area (Å²) in [6, 6.07) is 11.3. The average molecular weight is 434 g/mol. The molecule has 0 saturated carbocycles. The predicted molar refractivity (Wildman–Crippen MR) is 108 cm³/mol. The molecule has 1 aliphatic heterocycles. The summed E-state index contributed by atoms with van der Waals surface area (Å²) in [6.45, 7) is 0.810. The SMILES string of the molecule is COC(=O)/C=C(/Nc1ccc(N2CCc3ccccc3C2)c(C(F)(F)F)c1)C(=O)OC. The van der Waals surface area contributed by atoms with E-state index in [-0.39, 0.29) is 17.1 Å². The maximum Gasteiger partial charge on any atom is 0.418 e. The molecule has 0 bridgehead atoms. The van der Waals surface area contributed by atoms with Crippen molar-refractivity contribution in [2.75, 3.05) is 31.0 Å². The van der Waals surface area contributed by atoms with Gasteiger partial charge in [-0.1, -0.05) is 24.3 Å². The van der Waals surface area contributed by atoms with E-state index in [1.807, 2.05) is 24.3 Å². The number of nitrogens with zero attached hydrogens (tertiary/aromatic N) is 1. The topological polar surface area (TPSA) is 67.9 Å². The number of halogens is 3. The number of alkyl halides is 3. The maximum absolute atomic E-state index is 13.9. The number of esters is 2. The van der Waals surface area contributed by atoms with Crippen molar-refractivity contribution >= 4 is 23.3 Å². The highest BCUT2D eigenvalue weighted by molar-refractivity contribution is 5.98. The third-order valence-corrected chi connectivity index (χ3v) is 4.92. The third-order valence-electron chi connectivity index (χ3n) is 4.92. The van der Waals surface area contributed by atoms with Gasteiger partial charge in [0.2, 0.25) is 0 Å². The van der Waals surface area contributed by atoms with Gasteiger partial charge < -0.3 is 19.7 Å². The highest BCUT2D eigenvalue weighted by Gasteiger charge is 2.36. The summed E-state index contributed by atoms with van der Waals surface area (Å²) in [5.41, 5.74) is 0.943. The zero-order valence-electron chi connectivity index (χ0n) is 17.0. The molecule has 0 fully saturated rings. The lowest BCUT2D eigenvalue weighted by atomic mass is 9.98. The first kappa shape index (κ1) is 22.2. The number of methoxy groups -OCH3 is 2. The van der Waals surface area contributed by atoms with Gasteiger partial charge in [-0.25, -0.2) is 9.59 Å². The molecule has 9 heteroatoms. The number of carbonyl (C=O) groups excluding carboxylic acids is 2. The average Bonchev–Trinajstić information content (AvgIpc) is 2.77. The molecule has 0 spiro atoms. The Morgan fingerprint density at radius 3 is 2.42 bits per heavy atom. The molecule has 0 aliphatic carbocycles. The summed E-state index contributed by atoms with van der Waals surface area (Å²) in [7, 11) is 2.20. The summed E-state index contributed by atoms with van der Waals surface area (Å²) in [5, 5.41) is 2.52. The van der Waals surface area contributed by atoms with Gasteiger partial charge in [-0.15, -0.1) is 0 Å². The predicted octanol–water partition coefficient (Wildman–Crippen LogP) is 3.91. The van der Waals surface area contributed by atoms with Crippen molar-refractivity contribution in [2.45, 2.75) is 19.1 Å². The lowest BCUT2D eigenvalue weighted by Crippen LogP contribution is -2.32. The molecule has 2 aromatic carbocycles. The Labute approximate surface area is 177 Å². The molecule has 6 nitrogen and oxygen atoms in total. The molecule has 0 unspecified atom stereocenters. The van der Waals surface area contributed by atoms with E-state index < -0.39 is 23.7 Å². The van der Waals surface area contributed by atoms with Gasteiger partial charge in [0.25, 0.3) is 0 Å². The number of rotatable bonds is 5. The van der Waals surface area contributed by atoms with Crippen LogP contribution in [-0.4, -0.2) is 32.7 Å². The number of benzene rings is 2. The van der Waals surface area contributed by atoms with E-state index in [9.17, 15) is 22.8 Å². The Kier molecular flexibility index (Phi) is 6.53. The van der Waals surface area contributed by atoms with Crippen molar-refractivity contribution in [1.82, 2.24) is 0 Å². The molecule has 31 heavy (non-hydrogen) atoms. The number of hydrogen-bond acceptors (Lipinski definition) is 6. The van der Waals surface area contributed by atoms with Crippen LogP contribution in [0.2, 0.25) is 0 Å². The van der Waals surface area contributed by atoms with E-state index in [2.05, 4.69) is 14.8 Å². The molecule has 0 radical (unpaired) electrons. The fraction of sp³-hybridized carbons (Fsp3) is 0.273. The molecular weight excluding hydrogens is 413 g/mol. The minimum atomic E-state index is -4.62. The first-order valence-corrected chi connectivity index (χ1v) is 9.41. The molecule has 0 atom stereocenters. The summed E-state index contributed by atoms with van der Waals surface area (Å²) < 4.78 is 50.7. The van der Waals surface area contributed by atoms with Gasteiger partial charge in [0.15, 0.2) is 0 Å². The van der Waals surface area contributed by atoms with Gasteiger partial charge in [0, 0.05) is 24.5 Å². The van der Waals surface area contributed by atoms with Crippen molar-refractivity contribution in [3.63, 3.8) is 0 Å². The molecule has 1 N–H and O–H groups in total. The number of hydrogen-bond donors (Lipinski definition) is 1. The second kappa shape index (κ2) is 9.11. The quantitative estimate of drug-likeness (QED) is 0.569. The molecule has 164 valence electrons. The number of nitrogens with one attached hydrogen (secondary N) is 1. The number of carbonyl (C=O) groups is 2. The van der Waals surface area contributed by atoms with Crippen LogP contribution in [0, 0.1) is 0 Å². The van der Waals surface area contributed by atoms with Crippen LogP contribution in [-0.2, 0) is 38.2 Å². The fourth-order valence-corrected chi connectivity index (χ4v) is 3.41. The van der Waals surface area contributed by atoms with Crippen LogP contribution in [0.25, 0.3) is 0 Å². The zero-order valence-corrected chi connectivity index (χ0v) is 17.0. The van der Waals surface area contributed by atoms with Crippen molar-refractivity contribution in [3.05, 3.63) is 70.9 Å². The minimum Gasteiger partial charge on any atom is -0.466 e. The van der Waals surface area contributed by atoms with Gasteiger partial charge in [-0.3, -0.25) is 0 Å². The molecule has 0 amide bonds. The molecule has 0 saturated heterocycles. The van der Waals surface area contributed by atoms with E-state index in [4.69, 9.17) is 0 Å². The Bertz CT molecular complexity index is 1020. The van der Waals surface area contributed by atoms with Crippen molar-refractivity contribution in [3.8, 4) is 0 Å². The van der Waals surface area contributed by atoms with Gasteiger partial charge in [0.05, 0.1) is 25.9 Å². The number of ether oxygens (including phenoxy) is 2. The molecule has 1 aliphatic rings. The fourth-order valence-electron chi connectivity index (χ4n) is 3.41. The van der Waals surface area contributed by atoms with Gasteiger partial charge in [-0.2, -0.15) is 13.2 Å². The van der Waals surface area contributed by atoms with E-state index >= 15 is 0 Å². The van der Waals surface area contributed by atoms with Crippen LogP contribution >= 0.6 is 0 Å². The van der Waals surface area contributed by atoms with Crippen molar-refractivity contribution in [1.29, 1.82) is 0 Å². The molecular formula is C22H21F3N2O4. The smallest absolute Gasteiger partial charge is 0.418 e. The van der Waals surface area contributed by atoms with E-state index in [1.165, 1.54) is 12.1 Å². The van der Waals surface area contributed by atoms with Gasteiger partial charge in [0.1, 0.15) is 5.70 Å². The highest BCUT2D eigenvalue weighted by atomic mass is 19.4. The monoisotopic (exact) mass is 434 g/mol. The lowest BCUT2D eigenvalue weighted by Gasteiger charge is -2.32. The first-order valence-electron chi connectivity index (χ1n) is 9.41. The van der Waals surface area contributed by atoms with E-state index in [0.717, 1.165) is 37.5 Å². The summed E-state index contributed by atoms with van der Waals surface area (Å²) >= 11 is 0. The summed E-state index contributed by atoms with van der Waals surface area (Å²) in [6.07, 6.45) is -3.17. The van der Waals surface area contributed by atoms with E-state index in [1.54, 1.807) is 4.90 Å². The van der Waals surface area contributed by atoms with Crippen LogP contribution in [0.4, 0.5) is 24.5 Å². The molecule has 2 aromatic rings. The first-order chi connectivity index (χ1) is 14.7. The normalized spacial score (nSPS) is 14.0. The van der Waals surface area contributed by atoms with E-state index in [0.29, 0.717) is 19.5 Å². The van der Waals surface area contributed by atoms with Gasteiger partial charge in [-0.05, 0) is 35.7 Å². The largest absolute Gasteiger partial charge is 0.466 e. The zero-order chi connectivity index (χ0) is 22.6. The highest BCUT2D eigenvalue weighted by Crippen LogP contribution is 2.40. The molecule has 0 aromatic heterocycles. The summed E-state index contributed by atoms with van der Waals surface area (Å²) in [4.78, 5) is 25.1. The number of anilines is 2.